The number of hydrogen-bond acceptors (Lipinski definition) is 0. The van der Waals surface area contributed by atoms with E-state index < -0.39 is 0 Å². The fourth-order valence-electron chi connectivity index (χ4n) is 3.56. The van der Waals surface area contributed by atoms with Crippen LogP contribution in [0.5, 0.6) is 0 Å². The summed E-state index contributed by atoms with van der Waals surface area (Å²) in [5.41, 5.74) is 4.38. The molecule has 1 nitrogen and oxygen atoms in total. The first-order chi connectivity index (χ1) is 12.9. The molecule has 0 fully saturated rings. The van der Waals surface area contributed by atoms with Gasteiger partial charge in [-0.2, -0.15) is 0 Å². The molecule has 26 heavy (non-hydrogen) atoms. The fourth-order valence-corrected chi connectivity index (χ4v) is 3.56. The van der Waals surface area contributed by atoms with Gasteiger partial charge in [0, 0.05) is 11.6 Å². The van der Waals surface area contributed by atoms with E-state index in [9.17, 15) is 0 Å². The maximum Gasteiger partial charge on any atom is 0.362 e. The average Bonchev–Trinajstić information content (AvgIpc) is 2.74. The third-order valence-corrected chi connectivity index (χ3v) is 4.80. The summed E-state index contributed by atoms with van der Waals surface area (Å²) in [6, 6.07) is 35.7. The highest BCUT2D eigenvalue weighted by Gasteiger charge is 2.21. The summed E-state index contributed by atoms with van der Waals surface area (Å²) in [4.78, 5) is 0. The van der Waals surface area contributed by atoms with Crippen molar-refractivity contribution < 1.29 is 4.42 Å². The van der Waals surface area contributed by atoms with Crippen LogP contribution in [0.25, 0.3) is 44.2 Å². The standard InChI is InChI=1S/C25H17O/c1-3-9-18(10-4-1)22-17-24(20-12-5-2-6-13-20)26-23-16-15-19-11-7-8-14-21(19)25(22)23/h1-17H/q+1. The highest BCUT2D eigenvalue weighted by atomic mass is 16.3. The molecule has 0 N–H and O–H groups in total. The van der Waals surface area contributed by atoms with Gasteiger partial charge in [0.15, 0.2) is 0 Å². The van der Waals surface area contributed by atoms with Crippen LogP contribution >= 0.6 is 0 Å². The minimum atomic E-state index is 0.882. The van der Waals surface area contributed by atoms with Gasteiger partial charge in [-0.1, -0.05) is 72.8 Å². The molecular formula is C25H17O+. The van der Waals surface area contributed by atoms with Crippen molar-refractivity contribution in [2.45, 2.75) is 0 Å². The molecule has 1 heterocycles. The molecule has 0 saturated carbocycles. The van der Waals surface area contributed by atoms with Gasteiger partial charge in [0.25, 0.3) is 0 Å². The van der Waals surface area contributed by atoms with Crippen molar-refractivity contribution in [3.63, 3.8) is 0 Å². The smallest absolute Gasteiger partial charge is 0.207 e. The normalized spacial score (nSPS) is 11.1. The van der Waals surface area contributed by atoms with Gasteiger partial charge >= 0.3 is 11.3 Å². The molecule has 0 atom stereocenters. The Kier molecular flexibility index (Phi) is 3.50. The highest BCUT2D eigenvalue weighted by Crippen LogP contribution is 2.38. The molecule has 0 aliphatic carbocycles. The van der Waals surface area contributed by atoms with Gasteiger partial charge in [-0.05, 0) is 34.5 Å². The molecule has 0 saturated heterocycles. The van der Waals surface area contributed by atoms with Gasteiger partial charge < -0.3 is 0 Å². The zero-order valence-electron chi connectivity index (χ0n) is 14.2. The molecule has 1 aromatic heterocycles. The van der Waals surface area contributed by atoms with Gasteiger partial charge in [0.05, 0.1) is 17.0 Å². The first-order valence-electron chi connectivity index (χ1n) is 8.79. The fraction of sp³-hybridized carbons (Fsp3) is 0. The molecule has 0 radical (unpaired) electrons. The van der Waals surface area contributed by atoms with E-state index in [2.05, 4.69) is 84.9 Å². The van der Waals surface area contributed by atoms with Crippen LogP contribution in [-0.4, -0.2) is 0 Å². The van der Waals surface area contributed by atoms with E-state index in [1.807, 2.05) is 18.2 Å². The summed E-state index contributed by atoms with van der Waals surface area (Å²) in [5, 5.41) is 3.60. The van der Waals surface area contributed by atoms with E-state index in [0.717, 1.165) is 22.3 Å². The molecule has 1 heteroatoms. The maximum absolute atomic E-state index is 6.32. The van der Waals surface area contributed by atoms with Crippen LogP contribution in [0.3, 0.4) is 0 Å². The lowest BCUT2D eigenvalue weighted by Gasteiger charge is -2.06. The Bertz CT molecular complexity index is 1210. The molecule has 0 unspecified atom stereocenters. The molecule has 0 amide bonds. The lowest BCUT2D eigenvalue weighted by atomic mass is 9.96. The summed E-state index contributed by atoms with van der Waals surface area (Å²) < 4.78 is 6.32. The zero-order chi connectivity index (χ0) is 17.3. The van der Waals surface area contributed by atoms with E-state index in [1.54, 1.807) is 0 Å². The third kappa shape index (κ3) is 2.46. The van der Waals surface area contributed by atoms with E-state index in [0.29, 0.717) is 0 Å². The van der Waals surface area contributed by atoms with Crippen molar-refractivity contribution in [2.24, 2.45) is 0 Å². The Balaban J connectivity index is 1.92. The molecular weight excluding hydrogens is 316 g/mol. The lowest BCUT2D eigenvalue weighted by molar-refractivity contribution is 0.621. The molecule has 4 aromatic carbocycles. The Hall–Kier alpha value is -3.45. The molecule has 0 aliphatic heterocycles. The van der Waals surface area contributed by atoms with Crippen molar-refractivity contribution in [2.75, 3.05) is 0 Å². The maximum atomic E-state index is 6.32. The molecule has 0 spiro atoms. The second-order valence-electron chi connectivity index (χ2n) is 6.42. The Morgan fingerprint density at radius 3 is 1.96 bits per heavy atom. The minimum Gasteiger partial charge on any atom is -0.207 e. The first kappa shape index (κ1) is 14.9. The first-order valence-corrected chi connectivity index (χ1v) is 8.79. The van der Waals surface area contributed by atoms with Gasteiger partial charge in [0.1, 0.15) is 0 Å². The van der Waals surface area contributed by atoms with Gasteiger partial charge in [-0.25, -0.2) is 4.42 Å². The van der Waals surface area contributed by atoms with Crippen LogP contribution in [0.2, 0.25) is 0 Å². The molecule has 0 bridgehead atoms. The Morgan fingerprint density at radius 1 is 0.538 bits per heavy atom. The number of fused-ring (bicyclic) bond motifs is 3. The largest absolute Gasteiger partial charge is 0.362 e. The topological polar surface area (TPSA) is 11.3 Å². The monoisotopic (exact) mass is 333 g/mol. The predicted octanol–water partition coefficient (Wildman–Crippen LogP) is 7.20. The molecule has 0 aliphatic rings. The quantitative estimate of drug-likeness (QED) is 0.245. The lowest BCUT2D eigenvalue weighted by Crippen LogP contribution is -1.87. The van der Waals surface area contributed by atoms with Crippen LogP contribution in [0, 0.1) is 0 Å². The van der Waals surface area contributed by atoms with Crippen LogP contribution in [0.4, 0.5) is 0 Å². The summed E-state index contributed by atoms with van der Waals surface area (Å²) in [6.45, 7) is 0. The third-order valence-electron chi connectivity index (χ3n) is 4.80. The van der Waals surface area contributed by atoms with Crippen molar-refractivity contribution in [1.82, 2.24) is 0 Å². The van der Waals surface area contributed by atoms with Gasteiger partial charge in [-0.15, -0.1) is 0 Å². The van der Waals surface area contributed by atoms with Gasteiger partial charge in [0.2, 0.25) is 0 Å². The summed E-state index contributed by atoms with van der Waals surface area (Å²) in [5.74, 6) is 0.882. The molecule has 5 aromatic rings. The minimum absolute atomic E-state index is 0.882. The molecule has 5 rings (SSSR count). The predicted molar refractivity (Wildman–Crippen MR) is 109 cm³/mol. The van der Waals surface area contributed by atoms with Crippen molar-refractivity contribution in [3.05, 3.63) is 103 Å². The van der Waals surface area contributed by atoms with Crippen LogP contribution < -0.4 is 0 Å². The van der Waals surface area contributed by atoms with E-state index in [1.165, 1.54) is 21.9 Å². The summed E-state index contributed by atoms with van der Waals surface area (Å²) in [7, 11) is 0. The number of rotatable bonds is 2. The highest BCUT2D eigenvalue weighted by molar-refractivity contribution is 6.12. The van der Waals surface area contributed by atoms with Crippen LogP contribution in [-0.2, 0) is 0 Å². The number of hydrogen-bond donors (Lipinski definition) is 0. The van der Waals surface area contributed by atoms with Gasteiger partial charge in [-0.3, -0.25) is 0 Å². The second kappa shape index (κ2) is 6.12. The summed E-state index contributed by atoms with van der Waals surface area (Å²) >= 11 is 0. The molecule has 122 valence electrons. The van der Waals surface area contributed by atoms with E-state index in [4.69, 9.17) is 4.42 Å². The second-order valence-corrected chi connectivity index (χ2v) is 6.42. The Labute approximate surface area is 152 Å². The SMILES string of the molecule is c1ccc(-c2cc(-c3ccccc3)c3c(ccc4ccccc43)[o+]2)cc1. The summed E-state index contributed by atoms with van der Waals surface area (Å²) in [6.07, 6.45) is 0. The van der Waals surface area contributed by atoms with Crippen molar-refractivity contribution in [3.8, 4) is 22.5 Å². The van der Waals surface area contributed by atoms with Crippen molar-refractivity contribution >= 4 is 21.7 Å². The zero-order valence-corrected chi connectivity index (χ0v) is 14.2. The van der Waals surface area contributed by atoms with Crippen LogP contribution in [0.1, 0.15) is 0 Å². The Morgan fingerprint density at radius 2 is 1.19 bits per heavy atom. The van der Waals surface area contributed by atoms with E-state index >= 15 is 0 Å². The average molecular weight is 333 g/mol. The van der Waals surface area contributed by atoms with Crippen molar-refractivity contribution in [1.29, 1.82) is 0 Å². The van der Waals surface area contributed by atoms with Crippen LogP contribution in [0.15, 0.2) is 108 Å². The van der Waals surface area contributed by atoms with E-state index in [-0.39, 0.29) is 0 Å². The number of benzene rings is 4.